The number of nitrogens with zero attached hydrogens (tertiary/aromatic N) is 5. The highest BCUT2D eigenvalue weighted by Crippen LogP contribution is 2.60. The van der Waals surface area contributed by atoms with Gasteiger partial charge in [0.25, 0.3) is 29.3 Å². The summed E-state index contributed by atoms with van der Waals surface area (Å²) in [4.78, 5) is 82.0. The molecular weight excluding hydrogens is 1840 g/mol. The van der Waals surface area contributed by atoms with Crippen molar-refractivity contribution in [1.29, 1.82) is 0 Å². The maximum Gasteiger partial charge on any atom is 0.287 e. The number of imide groups is 2. The zero-order valence-corrected chi connectivity index (χ0v) is 78.9. The van der Waals surface area contributed by atoms with Crippen molar-refractivity contribution in [3.05, 3.63) is 419 Å². The van der Waals surface area contributed by atoms with E-state index in [9.17, 15) is 64.8 Å². The van der Waals surface area contributed by atoms with Crippen molar-refractivity contribution in [3.63, 3.8) is 0 Å². The van der Waals surface area contributed by atoms with Gasteiger partial charge in [0.1, 0.15) is 40.7 Å². The van der Waals surface area contributed by atoms with Gasteiger partial charge in [0.15, 0.2) is 0 Å². The number of carbonyl (C=O) groups excluding carboxylic acids is 5. The number of benzene rings is 11. The second-order valence-electron chi connectivity index (χ2n) is 38.6. The van der Waals surface area contributed by atoms with Crippen LogP contribution in [-0.4, -0.2) is 124 Å². The molecule has 17 nitrogen and oxygen atoms in total. The number of H-pyrrole nitrogens is 1. The molecule has 6 aliphatic carbocycles. The molecule has 6 saturated carbocycles. The smallest absolute Gasteiger partial charge is 0.287 e. The fourth-order valence-corrected chi connectivity index (χ4v) is 23.0. The Balaban J connectivity index is 0.000000111. The lowest BCUT2D eigenvalue weighted by Gasteiger charge is -2.27. The lowest BCUT2D eigenvalue weighted by molar-refractivity contribution is -0.384. The van der Waals surface area contributed by atoms with Gasteiger partial charge in [-0.3, -0.25) is 48.8 Å². The minimum Gasteiger partial charge on any atom is -0.373 e. The summed E-state index contributed by atoms with van der Waals surface area (Å²) in [6.07, 6.45) is 12.9. The number of rotatable bonds is 17. The highest BCUT2D eigenvalue weighted by Gasteiger charge is 2.62. The van der Waals surface area contributed by atoms with Crippen LogP contribution in [0.1, 0.15) is 204 Å². The summed E-state index contributed by atoms with van der Waals surface area (Å²) in [5.74, 6) is 5.71. The largest absolute Gasteiger partial charge is 0.373 e. The minimum atomic E-state index is -0.457. The van der Waals surface area contributed by atoms with E-state index in [0.717, 1.165) is 130 Å². The molecule has 720 valence electrons. The van der Waals surface area contributed by atoms with Gasteiger partial charge in [-0.1, -0.05) is 189 Å². The lowest BCUT2D eigenvalue weighted by atomic mass is 9.88. The van der Waals surface area contributed by atoms with Crippen molar-refractivity contribution in [1.82, 2.24) is 29.9 Å². The molecule has 24 rings (SSSR count). The first-order valence-corrected chi connectivity index (χ1v) is 49.3. The van der Waals surface area contributed by atoms with Gasteiger partial charge in [0.05, 0.1) is 50.0 Å². The summed E-state index contributed by atoms with van der Waals surface area (Å²) in [6, 6.07) is 83.5. The predicted molar refractivity (Wildman–Crippen MR) is 524 cm³/mol. The van der Waals surface area contributed by atoms with Crippen LogP contribution >= 0.6 is 15.9 Å². The topological polar surface area (TPSA) is 231 Å². The maximum atomic E-state index is 13.2. The Morgan fingerprint density at radius 1 is 0.396 bits per heavy atom. The molecule has 0 radical (unpaired) electrons. The van der Waals surface area contributed by atoms with E-state index in [2.05, 4.69) is 73.6 Å². The monoisotopic (exact) mass is 1950 g/mol. The summed E-state index contributed by atoms with van der Waals surface area (Å²) in [5, 5.41) is 13.3. The van der Waals surface area contributed by atoms with E-state index in [1.54, 1.807) is 97.1 Å². The van der Waals surface area contributed by atoms with Crippen LogP contribution in [0.25, 0.3) is 0 Å². The number of carbonyl (C=O) groups is 5. The SMILES string of the molecule is Fc1ccc(C2C3CN(Cc4ccccc4)CC32)cc1.Fc1ccc(C2C3CNCC32)cc1.NC[C@@H]1CCC[C@H]1c1ccc(F)cc1.N[C@@H]1CCO[C@H](c2ccc(F)cc2)C1.O=C1C2C(CN1Cc1ccccc1)C2c1ccc(F)cc1.O=C1c2ccccc2C(=O)N1C[C@@H]1CCC[C@H]1c1ccc(F)cc1.O=C1c2ccccc2C(=O)N1C[C@@H]1CCC[C@H]1c1ccc(F)cc1.O=[N+]([O-])c1c[nH]c(Br)c1. The number of piperidine rings is 3. The highest BCUT2D eigenvalue weighted by molar-refractivity contribution is 9.10. The molecule has 6 aliphatic heterocycles. The van der Waals surface area contributed by atoms with Gasteiger partial charge in [-0.05, 0) is 323 Å². The van der Waals surface area contributed by atoms with Crippen LogP contribution in [0.15, 0.2) is 296 Å². The number of aromatic amines is 1. The van der Waals surface area contributed by atoms with Crippen molar-refractivity contribution in [2.75, 3.05) is 59.0 Å². The van der Waals surface area contributed by atoms with Gasteiger partial charge in [0.2, 0.25) is 5.91 Å². The standard InChI is InChI=1S/2C20H18FNO2.C18H16FNO.C18H18FN.C12H16FN.C11H14FNO.C11H12FN.C4H3BrN2O2/c2*21-15-10-8-13(9-11-15)16-7-3-4-14(16)12-22-19(23)17-5-1-2-6-18(17)20(22)24;19-14-8-6-13(7-9-14)16-15-11-20(18(21)17(15)16)10-12-4-2-1-3-5-12;19-15-8-6-14(7-9-15)18-16-11-20(12-17(16)18)10-13-4-2-1-3-5-13;13-11-6-4-9(5-7-11)12-3-1-2-10(12)8-14;12-9-3-1-8(2-4-9)11-7-10(13)5-6-14-11;12-8-3-1-7(2-4-8)11-9-5-13-6-10(9)11;5-4-1-3(2-6-4)7(8)9/h2*1-2,5-6,8-11,14,16H,3-4,7,12H2;1-9,15-17H,10-11H2;1-9,16-18H,10-12H2;4-7,10,12H,1-3,8,14H2;1-4,10-11H,5-7,13H2;1-4,9-11,13H,5-6H2;1-2,6H/t2*14-,16-;;;10-,12-;10-,11+;;/m00..01../s1. The average molecular weight is 1950 g/mol. The molecule has 139 heavy (non-hydrogen) atoms. The average Bonchev–Trinajstić information content (AvgIpc) is 1.55. The molecule has 1 aromatic heterocycles. The second kappa shape index (κ2) is 45.3. The van der Waals surface area contributed by atoms with Gasteiger partial charge < -0.3 is 31.4 Å². The Bertz CT molecular complexity index is 5970. The molecule has 7 unspecified atom stereocenters. The number of nitrogens with two attached hydrogens (primary N) is 2. The van der Waals surface area contributed by atoms with Crippen LogP contribution in [0.4, 0.5) is 36.4 Å². The van der Waals surface area contributed by atoms with Gasteiger partial charge in [-0.15, -0.1) is 0 Å². The third-order valence-corrected chi connectivity index (χ3v) is 30.4. The van der Waals surface area contributed by atoms with E-state index in [0.29, 0.717) is 88.6 Å². The van der Waals surface area contributed by atoms with Crippen molar-refractivity contribution < 1.29 is 64.4 Å². The lowest BCUT2D eigenvalue weighted by Crippen LogP contribution is -2.35. The Kier molecular flexibility index (Phi) is 32.0. The number of aromatic nitrogens is 1. The van der Waals surface area contributed by atoms with E-state index in [1.807, 2.05) is 95.9 Å². The van der Waals surface area contributed by atoms with Gasteiger partial charge in [0, 0.05) is 70.4 Å². The van der Waals surface area contributed by atoms with Crippen LogP contribution in [0.3, 0.4) is 0 Å². The predicted octanol–water partition coefficient (Wildman–Crippen LogP) is 23.0. The summed E-state index contributed by atoms with van der Waals surface area (Å²) in [5.41, 5.74) is 24.4. The van der Waals surface area contributed by atoms with E-state index >= 15 is 0 Å². The zero-order chi connectivity index (χ0) is 96.9. The maximum absolute atomic E-state index is 13.2. The molecule has 10 fully saturated rings. The van der Waals surface area contributed by atoms with Crippen molar-refractivity contribution >= 4 is 51.2 Å². The third-order valence-electron chi connectivity index (χ3n) is 30.0. The van der Waals surface area contributed by atoms with Gasteiger partial charge in [-0.2, -0.15) is 0 Å². The summed E-state index contributed by atoms with van der Waals surface area (Å²) < 4.78 is 96.5. The Labute approximate surface area is 814 Å². The van der Waals surface area contributed by atoms with Crippen LogP contribution in [0.5, 0.6) is 0 Å². The van der Waals surface area contributed by atoms with E-state index in [1.165, 1.54) is 131 Å². The summed E-state index contributed by atoms with van der Waals surface area (Å²) in [6.45, 7) is 9.56. The van der Waals surface area contributed by atoms with Crippen LogP contribution < -0.4 is 16.8 Å². The number of halogens is 8. The minimum absolute atomic E-state index is 0.0411. The molecular formula is C114H115BrF7N9O8. The Hall–Kier alpha value is -12.4. The molecule has 15 atom stereocenters. The zero-order valence-electron chi connectivity index (χ0n) is 77.3. The normalized spacial score (nSPS) is 25.5. The van der Waals surface area contributed by atoms with Crippen LogP contribution in [0, 0.1) is 104 Å². The number of likely N-dealkylation sites (tertiary alicyclic amines) is 2. The summed E-state index contributed by atoms with van der Waals surface area (Å²) in [7, 11) is 0. The first kappa shape index (κ1) is 98.3. The first-order chi connectivity index (χ1) is 67.5. The molecule has 0 bridgehead atoms. The van der Waals surface area contributed by atoms with E-state index in [-0.39, 0.29) is 118 Å². The van der Waals surface area contributed by atoms with Gasteiger partial charge in [-0.25, -0.2) is 30.7 Å². The van der Waals surface area contributed by atoms with E-state index < -0.39 is 4.92 Å². The number of nitrogens with one attached hydrogen (secondary N) is 2. The molecule has 5 amide bonds. The van der Waals surface area contributed by atoms with Gasteiger partial charge >= 0.3 is 0 Å². The van der Waals surface area contributed by atoms with E-state index in [4.69, 9.17) is 16.2 Å². The third kappa shape index (κ3) is 24.0. The van der Waals surface area contributed by atoms with Crippen molar-refractivity contribution in [2.24, 2.45) is 64.7 Å². The molecule has 12 aromatic rings. The van der Waals surface area contributed by atoms with Crippen LogP contribution in [0.2, 0.25) is 0 Å². The number of nitro groups is 1. The van der Waals surface area contributed by atoms with Crippen molar-refractivity contribution in [3.8, 4) is 0 Å². The number of fused-ring (bicyclic) bond motifs is 5. The molecule has 12 aliphatic rings. The van der Waals surface area contributed by atoms with Crippen LogP contribution in [-0.2, 0) is 22.6 Å². The molecule has 7 heterocycles. The number of hydrogen-bond acceptors (Lipinski definition) is 12. The molecule has 25 heteroatoms. The quantitative estimate of drug-likeness (QED) is 0.0289. The fraction of sp³-hybridized carbons (Fsp3) is 0.342. The number of ether oxygens (including phenoxy) is 1. The second-order valence-corrected chi connectivity index (χ2v) is 39.4. The van der Waals surface area contributed by atoms with Crippen molar-refractivity contribution in [2.45, 2.75) is 131 Å². The summed E-state index contributed by atoms with van der Waals surface area (Å²) >= 11 is 3.04. The Morgan fingerprint density at radius 2 is 0.748 bits per heavy atom. The Morgan fingerprint density at radius 3 is 1.10 bits per heavy atom. The highest BCUT2D eigenvalue weighted by atomic mass is 79.9. The molecule has 4 saturated heterocycles. The number of hydrogen-bond donors (Lipinski definition) is 4. The fourth-order valence-electron chi connectivity index (χ4n) is 22.7. The molecule has 0 spiro atoms. The molecule has 11 aromatic carbocycles. The molecule has 6 N–H and O–H groups in total. The first-order valence-electron chi connectivity index (χ1n) is 48.5. The number of amides is 5.